The van der Waals surface area contributed by atoms with Crippen molar-refractivity contribution < 1.29 is 9.90 Å². The minimum absolute atomic E-state index is 0.284. The van der Waals surface area contributed by atoms with Crippen molar-refractivity contribution in [1.82, 2.24) is 9.55 Å². The Morgan fingerprint density at radius 3 is 2.53 bits per heavy atom. The average molecular weight is 393 g/mol. The number of carboxylic acid groups (broad SMARTS) is 1. The Labute approximate surface area is 173 Å². The standard InChI is InChI=1S/C25H19N3O2/c26-14-19-4-1-2-5-20(19)17-10-8-16(9-11-17)15-28-23-21(25(29)30)6-3-7-22(23)27-24(28)18-12-13-18/h1-11,18H,12-13,15H2,(H,29,30). The van der Waals surface area contributed by atoms with Gasteiger partial charge in [0.15, 0.2) is 0 Å². The van der Waals surface area contributed by atoms with E-state index in [1.807, 2.05) is 54.6 Å². The monoisotopic (exact) mass is 393 g/mol. The van der Waals surface area contributed by atoms with Crippen LogP contribution in [0.1, 0.15) is 46.1 Å². The Balaban J connectivity index is 1.55. The third kappa shape index (κ3) is 3.13. The third-order valence-electron chi connectivity index (χ3n) is 5.62. The molecule has 0 saturated heterocycles. The van der Waals surface area contributed by atoms with Crippen LogP contribution < -0.4 is 0 Å². The van der Waals surface area contributed by atoms with Crippen molar-refractivity contribution in [1.29, 1.82) is 5.26 Å². The van der Waals surface area contributed by atoms with Gasteiger partial charge in [-0.05, 0) is 47.7 Å². The van der Waals surface area contributed by atoms with Crippen molar-refractivity contribution in [2.75, 3.05) is 0 Å². The van der Waals surface area contributed by atoms with Crippen molar-refractivity contribution >= 4 is 17.0 Å². The van der Waals surface area contributed by atoms with Gasteiger partial charge in [0, 0.05) is 12.5 Å². The lowest BCUT2D eigenvalue weighted by Gasteiger charge is -2.11. The Morgan fingerprint density at radius 1 is 1.07 bits per heavy atom. The normalized spacial score (nSPS) is 13.3. The maximum atomic E-state index is 11.8. The quantitative estimate of drug-likeness (QED) is 0.505. The first-order chi connectivity index (χ1) is 14.7. The molecule has 146 valence electrons. The van der Waals surface area contributed by atoms with E-state index in [0.29, 0.717) is 23.5 Å². The van der Waals surface area contributed by atoms with E-state index in [-0.39, 0.29) is 5.56 Å². The molecule has 3 aromatic carbocycles. The topological polar surface area (TPSA) is 78.9 Å². The zero-order chi connectivity index (χ0) is 20.7. The molecule has 30 heavy (non-hydrogen) atoms. The zero-order valence-electron chi connectivity index (χ0n) is 16.2. The van der Waals surface area contributed by atoms with Crippen LogP contribution in [0.2, 0.25) is 0 Å². The molecule has 1 fully saturated rings. The third-order valence-corrected chi connectivity index (χ3v) is 5.62. The van der Waals surface area contributed by atoms with Gasteiger partial charge < -0.3 is 9.67 Å². The second kappa shape index (κ2) is 7.16. The second-order valence-electron chi connectivity index (χ2n) is 7.66. The molecule has 5 rings (SSSR count). The molecule has 0 radical (unpaired) electrons. The molecule has 0 amide bonds. The van der Waals surface area contributed by atoms with Crippen molar-refractivity contribution in [3.8, 4) is 17.2 Å². The highest BCUT2D eigenvalue weighted by Gasteiger charge is 2.30. The van der Waals surface area contributed by atoms with E-state index in [1.165, 1.54) is 0 Å². The van der Waals surface area contributed by atoms with Crippen molar-refractivity contribution in [2.24, 2.45) is 0 Å². The Bertz CT molecular complexity index is 1310. The van der Waals surface area contributed by atoms with Crippen LogP contribution in [0.25, 0.3) is 22.2 Å². The number of nitriles is 1. The number of fused-ring (bicyclic) bond motifs is 1. The summed E-state index contributed by atoms with van der Waals surface area (Å²) in [7, 11) is 0. The van der Waals surface area contributed by atoms with Crippen LogP contribution in [0, 0.1) is 11.3 Å². The molecule has 0 bridgehead atoms. The number of para-hydroxylation sites is 1. The van der Waals surface area contributed by atoms with E-state index in [2.05, 4.69) is 10.6 Å². The molecular weight excluding hydrogens is 374 g/mol. The van der Waals surface area contributed by atoms with E-state index >= 15 is 0 Å². The van der Waals surface area contributed by atoms with Crippen molar-refractivity contribution in [3.63, 3.8) is 0 Å². The summed E-state index contributed by atoms with van der Waals surface area (Å²) in [6, 6.07) is 23.2. The van der Waals surface area contributed by atoms with Gasteiger partial charge in [0.1, 0.15) is 5.82 Å². The number of aromatic nitrogens is 2. The van der Waals surface area contributed by atoms with E-state index in [9.17, 15) is 15.2 Å². The predicted octanol–water partition coefficient (Wildman–Crippen LogP) is 5.20. The smallest absolute Gasteiger partial charge is 0.337 e. The number of hydrogen-bond acceptors (Lipinski definition) is 3. The molecule has 1 aliphatic carbocycles. The SMILES string of the molecule is N#Cc1ccccc1-c1ccc(Cn2c(C3CC3)nc3cccc(C(=O)O)c32)cc1. The van der Waals surface area contributed by atoms with E-state index in [0.717, 1.165) is 40.9 Å². The molecule has 5 heteroatoms. The lowest BCUT2D eigenvalue weighted by atomic mass is 9.99. The first-order valence-electron chi connectivity index (χ1n) is 9.96. The molecule has 1 heterocycles. The number of benzene rings is 3. The first-order valence-corrected chi connectivity index (χ1v) is 9.96. The van der Waals surface area contributed by atoms with Crippen LogP contribution in [0.5, 0.6) is 0 Å². The number of nitrogens with zero attached hydrogens (tertiary/aromatic N) is 3. The Kier molecular flexibility index (Phi) is 4.33. The first kappa shape index (κ1) is 18.1. The van der Waals surface area contributed by atoms with E-state index in [4.69, 9.17) is 4.98 Å². The second-order valence-corrected chi connectivity index (χ2v) is 7.66. The lowest BCUT2D eigenvalue weighted by Crippen LogP contribution is -2.07. The van der Waals surface area contributed by atoms with Gasteiger partial charge in [-0.15, -0.1) is 0 Å². The van der Waals surface area contributed by atoms with Gasteiger partial charge in [-0.1, -0.05) is 48.5 Å². The van der Waals surface area contributed by atoms with E-state index in [1.54, 1.807) is 12.1 Å². The molecule has 5 nitrogen and oxygen atoms in total. The predicted molar refractivity (Wildman–Crippen MR) is 114 cm³/mol. The molecule has 0 aliphatic heterocycles. The summed E-state index contributed by atoms with van der Waals surface area (Å²) in [6.07, 6.45) is 2.19. The number of aromatic carboxylic acids is 1. The van der Waals surface area contributed by atoms with Gasteiger partial charge >= 0.3 is 5.97 Å². The fourth-order valence-corrected chi connectivity index (χ4v) is 3.99. The summed E-state index contributed by atoms with van der Waals surface area (Å²) >= 11 is 0. The average Bonchev–Trinajstić information content (AvgIpc) is 3.56. The molecule has 1 aliphatic rings. The van der Waals surface area contributed by atoms with Gasteiger partial charge in [0.25, 0.3) is 0 Å². The van der Waals surface area contributed by atoms with Crippen LogP contribution in [0.15, 0.2) is 66.7 Å². The molecule has 1 aromatic heterocycles. The summed E-state index contributed by atoms with van der Waals surface area (Å²) in [5.74, 6) is 0.436. The van der Waals surface area contributed by atoms with Crippen LogP contribution in [-0.4, -0.2) is 20.6 Å². The van der Waals surface area contributed by atoms with Crippen LogP contribution in [0.3, 0.4) is 0 Å². The molecule has 4 aromatic rings. The summed E-state index contributed by atoms with van der Waals surface area (Å²) in [4.78, 5) is 16.6. The Hall–Kier alpha value is -3.91. The minimum atomic E-state index is -0.937. The fourth-order valence-electron chi connectivity index (χ4n) is 3.99. The maximum Gasteiger partial charge on any atom is 0.337 e. The number of rotatable bonds is 5. The van der Waals surface area contributed by atoms with Crippen LogP contribution in [0.4, 0.5) is 0 Å². The summed E-state index contributed by atoms with van der Waals surface area (Å²) in [5.41, 5.74) is 5.31. The molecule has 0 spiro atoms. The summed E-state index contributed by atoms with van der Waals surface area (Å²) < 4.78 is 2.06. The number of carboxylic acids is 1. The van der Waals surface area contributed by atoms with Crippen LogP contribution >= 0.6 is 0 Å². The molecular formula is C25H19N3O2. The minimum Gasteiger partial charge on any atom is -0.478 e. The zero-order valence-corrected chi connectivity index (χ0v) is 16.2. The number of hydrogen-bond donors (Lipinski definition) is 1. The van der Waals surface area contributed by atoms with Gasteiger partial charge in [0.05, 0.1) is 28.2 Å². The van der Waals surface area contributed by atoms with E-state index < -0.39 is 5.97 Å². The molecule has 1 N–H and O–H groups in total. The number of imidazole rings is 1. The van der Waals surface area contributed by atoms with Crippen molar-refractivity contribution in [2.45, 2.75) is 25.3 Å². The summed E-state index contributed by atoms with van der Waals surface area (Å²) in [6.45, 7) is 0.562. The van der Waals surface area contributed by atoms with Crippen molar-refractivity contribution in [3.05, 3.63) is 89.2 Å². The van der Waals surface area contributed by atoms with Crippen LogP contribution in [-0.2, 0) is 6.54 Å². The lowest BCUT2D eigenvalue weighted by molar-refractivity contribution is 0.0698. The Morgan fingerprint density at radius 2 is 1.83 bits per heavy atom. The largest absolute Gasteiger partial charge is 0.478 e. The molecule has 1 saturated carbocycles. The maximum absolute atomic E-state index is 11.8. The number of carbonyl (C=O) groups is 1. The van der Waals surface area contributed by atoms with Gasteiger partial charge in [-0.25, -0.2) is 9.78 Å². The summed E-state index contributed by atoms with van der Waals surface area (Å²) in [5, 5.41) is 19.0. The fraction of sp³-hybridized carbons (Fsp3) is 0.160. The van der Waals surface area contributed by atoms with Gasteiger partial charge in [-0.2, -0.15) is 5.26 Å². The van der Waals surface area contributed by atoms with Gasteiger partial charge in [0.2, 0.25) is 0 Å². The molecule has 0 unspecified atom stereocenters. The highest BCUT2D eigenvalue weighted by Crippen LogP contribution is 2.41. The highest BCUT2D eigenvalue weighted by molar-refractivity contribution is 6.01. The van der Waals surface area contributed by atoms with Gasteiger partial charge in [-0.3, -0.25) is 0 Å². The highest BCUT2D eigenvalue weighted by atomic mass is 16.4. The molecule has 0 atom stereocenters.